The Morgan fingerprint density at radius 3 is 2.32 bits per heavy atom. The molecule has 150 valence electrons. The van der Waals surface area contributed by atoms with Crippen molar-refractivity contribution in [3.63, 3.8) is 0 Å². The van der Waals surface area contributed by atoms with E-state index in [0.717, 1.165) is 17.7 Å². The van der Waals surface area contributed by atoms with Gasteiger partial charge in [0.1, 0.15) is 23.2 Å². The van der Waals surface area contributed by atoms with Gasteiger partial charge in [0.05, 0.1) is 19.3 Å². The first-order valence-electron chi connectivity index (χ1n) is 8.96. The lowest BCUT2D eigenvalue weighted by atomic mass is 10.1. The summed E-state index contributed by atoms with van der Waals surface area (Å²) in [5.74, 6) is -1.52. The van der Waals surface area contributed by atoms with Crippen LogP contribution in [0.5, 0.6) is 5.75 Å². The number of nitrogens with zero attached hydrogens (tertiary/aromatic N) is 2. The average Bonchev–Trinajstić information content (AvgIpc) is 2.66. The van der Waals surface area contributed by atoms with Gasteiger partial charge in [-0.15, -0.1) is 0 Å². The van der Waals surface area contributed by atoms with Crippen LogP contribution in [-0.2, 0) is 11.3 Å². The third-order valence-electron chi connectivity index (χ3n) is 4.67. The third kappa shape index (κ3) is 5.24. The van der Waals surface area contributed by atoms with Gasteiger partial charge in [-0.2, -0.15) is 0 Å². The Labute approximate surface area is 161 Å². The van der Waals surface area contributed by atoms with E-state index in [-0.39, 0.29) is 24.0 Å². The van der Waals surface area contributed by atoms with Crippen molar-refractivity contribution >= 4 is 11.6 Å². The maximum atomic E-state index is 13.6. The molecule has 0 radical (unpaired) electrons. The highest BCUT2D eigenvalue weighted by atomic mass is 19.1. The summed E-state index contributed by atoms with van der Waals surface area (Å²) in [5, 5.41) is 2.46. The van der Waals surface area contributed by atoms with Crippen molar-refractivity contribution in [3.8, 4) is 5.75 Å². The van der Waals surface area contributed by atoms with Gasteiger partial charge in [-0.3, -0.25) is 14.6 Å². The second kappa shape index (κ2) is 9.07. The first kappa shape index (κ1) is 20.2. The lowest BCUT2D eigenvalue weighted by molar-refractivity contribution is -0.117. The maximum Gasteiger partial charge on any atom is 0.238 e. The highest BCUT2D eigenvalue weighted by Crippen LogP contribution is 2.22. The molecular formula is C20H22F3N3O2. The molecule has 1 aliphatic heterocycles. The Morgan fingerprint density at radius 1 is 1.00 bits per heavy atom. The summed E-state index contributed by atoms with van der Waals surface area (Å²) in [5.41, 5.74) is 0.740. The molecule has 28 heavy (non-hydrogen) atoms. The predicted molar refractivity (Wildman–Crippen MR) is 99.7 cm³/mol. The molecular weight excluding hydrogens is 371 g/mol. The summed E-state index contributed by atoms with van der Waals surface area (Å²) in [4.78, 5) is 16.2. The number of piperazine rings is 1. The molecule has 0 aromatic heterocycles. The molecule has 0 saturated carbocycles. The molecule has 2 aromatic rings. The van der Waals surface area contributed by atoms with Crippen molar-refractivity contribution in [3.05, 3.63) is 59.4 Å². The summed E-state index contributed by atoms with van der Waals surface area (Å²) in [6.45, 7) is 3.39. The Balaban J connectivity index is 1.49. The Kier molecular flexibility index (Phi) is 6.53. The SMILES string of the molecule is COc1ccc(F)cc1CN1CCN(CC(=O)Nc2ccc(F)cc2F)CC1. The van der Waals surface area contributed by atoms with E-state index in [1.54, 1.807) is 13.2 Å². The van der Waals surface area contributed by atoms with Gasteiger partial charge >= 0.3 is 0 Å². The van der Waals surface area contributed by atoms with Crippen molar-refractivity contribution in [2.45, 2.75) is 6.54 Å². The molecule has 1 fully saturated rings. The van der Waals surface area contributed by atoms with Crippen LogP contribution in [0.25, 0.3) is 0 Å². The van der Waals surface area contributed by atoms with Crippen LogP contribution in [0, 0.1) is 17.5 Å². The van der Waals surface area contributed by atoms with E-state index in [9.17, 15) is 18.0 Å². The van der Waals surface area contributed by atoms with Gasteiger partial charge in [-0.1, -0.05) is 0 Å². The van der Waals surface area contributed by atoms with Crippen LogP contribution < -0.4 is 10.1 Å². The fourth-order valence-corrected chi connectivity index (χ4v) is 3.20. The maximum absolute atomic E-state index is 13.6. The molecule has 0 unspecified atom stereocenters. The zero-order chi connectivity index (χ0) is 20.1. The van der Waals surface area contributed by atoms with E-state index in [4.69, 9.17) is 4.74 Å². The molecule has 1 heterocycles. The smallest absolute Gasteiger partial charge is 0.238 e. The number of carbonyl (C=O) groups is 1. The normalized spacial score (nSPS) is 15.4. The van der Waals surface area contributed by atoms with Crippen molar-refractivity contribution in [1.82, 2.24) is 9.80 Å². The Bertz CT molecular complexity index is 839. The van der Waals surface area contributed by atoms with Gasteiger partial charge in [-0.05, 0) is 30.3 Å². The minimum Gasteiger partial charge on any atom is -0.496 e. The quantitative estimate of drug-likeness (QED) is 0.820. The zero-order valence-corrected chi connectivity index (χ0v) is 15.6. The third-order valence-corrected chi connectivity index (χ3v) is 4.67. The monoisotopic (exact) mass is 393 g/mol. The summed E-state index contributed by atoms with van der Waals surface area (Å²) < 4.78 is 45.3. The second-order valence-corrected chi connectivity index (χ2v) is 6.68. The fraction of sp³-hybridized carbons (Fsp3) is 0.350. The van der Waals surface area contributed by atoms with Gasteiger partial charge < -0.3 is 10.1 Å². The van der Waals surface area contributed by atoms with Gasteiger partial charge in [-0.25, -0.2) is 13.2 Å². The highest BCUT2D eigenvalue weighted by molar-refractivity contribution is 5.92. The van der Waals surface area contributed by atoms with Crippen LogP contribution in [0.4, 0.5) is 18.9 Å². The fourth-order valence-electron chi connectivity index (χ4n) is 3.20. The average molecular weight is 393 g/mol. The number of ether oxygens (including phenoxy) is 1. The van der Waals surface area contributed by atoms with Crippen molar-refractivity contribution < 1.29 is 22.7 Å². The van der Waals surface area contributed by atoms with Gasteiger partial charge in [0.2, 0.25) is 5.91 Å². The number of amides is 1. The van der Waals surface area contributed by atoms with Crippen LogP contribution in [-0.4, -0.2) is 55.5 Å². The number of methoxy groups -OCH3 is 1. The lowest BCUT2D eigenvalue weighted by Crippen LogP contribution is -2.48. The van der Waals surface area contributed by atoms with Crippen LogP contribution in [0.15, 0.2) is 36.4 Å². The number of anilines is 1. The summed E-state index contributed by atoms with van der Waals surface area (Å²) >= 11 is 0. The van der Waals surface area contributed by atoms with Crippen molar-refractivity contribution in [2.24, 2.45) is 0 Å². The minimum absolute atomic E-state index is 0.0387. The molecule has 8 heteroatoms. The molecule has 1 N–H and O–H groups in total. The summed E-state index contributed by atoms with van der Waals surface area (Å²) in [7, 11) is 1.55. The number of halogens is 3. The molecule has 2 aromatic carbocycles. The Morgan fingerprint density at radius 2 is 1.64 bits per heavy atom. The number of nitrogens with one attached hydrogen (secondary N) is 1. The number of benzene rings is 2. The molecule has 0 bridgehead atoms. The van der Waals surface area contributed by atoms with Gasteiger partial charge in [0, 0.05) is 44.4 Å². The lowest BCUT2D eigenvalue weighted by Gasteiger charge is -2.34. The van der Waals surface area contributed by atoms with Crippen LogP contribution in [0.2, 0.25) is 0 Å². The van der Waals surface area contributed by atoms with E-state index in [1.807, 2.05) is 4.90 Å². The van der Waals surface area contributed by atoms with Crippen molar-refractivity contribution in [2.75, 3.05) is 45.2 Å². The van der Waals surface area contributed by atoms with E-state index in [2.05, 4.69) is 10.2 Å². The number of carbonyl (C=O) groups excluding carboxylic acids is 1. The largest absolute Gasteiger partial charge is 0.496 e. The molecule has 1 saturated heterocycles. The van der Waals surface area contributed by atoms with Crippen LogP contribution in [0.3, 0.4) is 0 Å². The van der Waals surface area contributed by atoms with E-state index >= 15 is 0 Å². The molecule has 0 atom stereocenters. The van der Waals surface area contributed by atoms with E-state index in [1.165, 1.54) is 18.2 Å². The molecule has 0 spiro atoms. The standard InChI is InChI=1S/C20H22F3N3O2/c1-28-19-5-3-15(21)10-14(19)12-25-6-8-26(9-7-25)13-20(27)24-18-4-2-16(22)11-17(18)23/h2-5,10-11H,6-9,12-13H2,1H3,(H,24,27). The topological polar surface area (TPSA) is 44.8 Å². The molecule has 3 rings (SSSR count). The van der Waals surface area contributed by atoms with Crippen molar-refractivity contribution in [1.29, 1.82) is 0 Å². The first-order chi connectivity index (χ1) is 13.4. The minimum atomic E-state index is -0.804. The first-order valence-corrected chi connectivity index (χ1v) is 8.96. The molecule has 5 nitrogen and oxygen atoms in total. The van der Waals surface area contributed by atoms with E-state index < -0.39 is 11.6 Å². The number of rotatable bonds is 6. The Hall–Kier alpha value is -2.58. The summed E-state index contributed by atoms with van der Waals surface area (Å²) in [6.07, 6.45) is 0. The van der Waals surface area contributed by atoms with Crippen LogP contribution >= 0.6 is 0 Å². The molecule has 1 aliphatic rings. The van der Waals surface area contributed by atoms with Gasteiger partial charge in [0.25, 0.3) is 0 Å². The van der Waals surface area contributed by atoms with E-state index in [0.29, 0.717) is 38.5 Å². The molecule has 1 amide bonds. The van der Waals surface area contributed by atoms with Gasteiger partial charge in [0.15, 0.2) is 0 Å². The van der Waals surface area contributed by atoms with Crippen LogP contribution in [0.1, 0.15) is 5.56 Å². The predicted octanol–water partition coefficient (Wildman–Crippen LogP) is 2.87. The summed E-state index contributed by atoms with van der Waals surface area (Å²) in [6, 6.07) is 7.47. The second-order valence-electron chi connectivity index (χ2n) is 6.68. The zero-order valence-electron chi connectivity index (χ0n) is 15.6. The number of hydrogen-bond donors (Lipinski definition) is 1. The number of hydrogen-bond acceptors (Lipinski definition) is 4. The molecule has 0 aliphatic carbocycles. The highest BCUT2D eigenvalue weighted by Gasteiger charge is 2.20.